The minimum absolute atomic E-state index is 0.0985. The molecule has 0 saturated heterocycles. The normalized spacial score (nSPS) is 26.6. The highest BCUT2D eigenvalue weighted by molar-refractivity contribution is 5.93. The van der Waals surface area contributed by atoms with Gasteiger partial charge in [-0.05, 0) is 51.2 Å². The molecule has 4 nitrogen and oxygen atoms in total. The Morgan fingerprint density at radius 3 is 2.79 bits per heavy atom. The highest BCUT2D eigenvalue weighted by atomic mass is 17.1. The van der Waals surface area contributed by atoms with Crippen LogP contribution < -0.4 is 0 Å². The summed E-state index contributed by atoms with van der Waals surface area (Å²) in [5.41, 5.74) is 0.0329. The van der Waals surface area contributed by atoms with Crippen molar-refractivity contribution in [1.82, 2.24) is 0 Å². The summed E-state index contributed by atoms with van der Waals surface area (Å²) < 4.78 is 0. The molecule has 1 rings (SSSR count). The first-order valence-corrected chi connectivity index (χ1v) is 6.67. The first kappa shape index (κ1) is 16.1. The van der Waals surface area contributed by atoms with Crippen molar-refractivity contribution in [2.45, 2.75) is 52.2 Å². The molecule has 108 valence electrons. The summed E-state index contributed by atoms with van der Waals surface area (Å²) in [6.07, 6.45) is 5.94. The zero-order valence-corrected chi connectivity index (χ0v) is 12.1. The third-order valence-electron chi connectivity index (χ3n) is 3.69. The van der Waals surface area contributed by atoms with Gasteiger partial charge < -0.3 is 5.11 Å². The molecule has 0 heterocycles. The highest BCUT2D eigenvalue weighted by Gasteiger charge is 2.30. The number of carbonyl (C=O) groups is 1. The Bertz CT molecular complexity index is 382. The van der Waals surface area contributed by atoms with Crippen LogP contribution >= 0.6 is 0 Å². The van der Waals surface area contributed by atoms with Crippen LogP contribution in [0.25, 0.3) is 0 Å². The van der Waals surface area contributed by atoms with Crippen LogP contribution in [0.5, 0.6) is 0 Å². The summed E-state index contributed by atoms with van der Waals surface area (Å²) >= 11 is 0. The van der Waals surface area contributed by atoms with Gasteiger partial charge in [-0.2, -0.15) is 0 Å². The molecule has 3 atom stereocenters. The Morgan fingerprint density at radius 1 is 1.58 bits per heavy atom. The second-order valence-corrected chi connectivity index (χ2v) is 5.96. The van der Waals surface area contributed by atoms with E-state index in [4.69, 9.17) is 5.26 Å². The molecule has 0 aliphatic heterocycles. The fraction of sp³-hybridized carbons (Fsp3) is 0.667. The number of ketones is 1. The van der Waals surface area contributed by atoms with E-state index in [1.54, 1.807) is 32.9 Å². The van der Waals surface area contributed by atoms with Gasteiger partial charge in [-0.15, -0.1) is 0 Å². The van der Waals surface area contributed by atoms with Crippen molar-refractivity contribution < 1.29 is 20.0 Å². The van der Waals surface area contributed by atoms with Crippen molar-refractivity contribution in [1.29, 1.82) is 0 Å². The lowest BCUT2D eigenvalue weighted by molar-refractivity contribution is -0.297. The van der Waals surface area contributed by atoms with Gasteiger partial charge in [-0.1, -0.05) is 19.1 Å². The van der Waals surface area contributed by atoms with Gasteiger partial charge in [-0.25, -0.2) is 4.89 Å². The van der Waals surface area contributed by atoms with Gasteiger partial charge in [0.15, 0.2) is 5.78 Å². The number of allylic oxidation sites excluding steroid dienone is 2. The standard InChI is InChI=1S/C15H24O4/c1-10(6-5-7-15(3,4)19-18)12-9-13(16)11(2)8-14(12)17/h5,7-8,10,12-13,16,18H,6,9H2,1-4H3/b7-5+/t10-,12+,13+/m1/s1. The van der Waals surface area contributed by atoms with Gasteiger partial charge >= 0.3 is 0 Å². The van der Waals surface area contributed by atoms with Crippen LogP contribution in [-0.4, -0.2) is 27.9 Å². The predicted octanol–water partition coefficient (Wildman–Crippen LogP) is 2.73. The van der Waals surface area contributed by atoms with E-state index >= 15 is 0 Å². The van der Waals surface area contributed by atoms with Gasteiger partial charge in [-0.3, -0.25) is 10.1 Å². The molecule has 1 aliphatic carbocycles. The third kappa shape index (κ3) is 4.56. The molecule has 0 aromatic rings. The SMILES string of the molecule is CC1=CC(=O)[C@H]([C@H](C)C/C=C/C(C)(C)OO)C[C@@H]1O. The smallest absolute Gasteiger partial charge is 0.159 e. The van der Waals surface area contributed by atoms with Gasteiger partial charge in [0.05, 0.1) is 6.10 Å². The Morgan fingerprint density at radius 2 is 2.21 bits per heavy atom. The predicted molar refractivity (Wildman–Crippen MR) is 73.6 cm³/mol. The summed E-state index contributed by atoms with van der Waals surface area (Å²) in [6.45, 7) is 7.27. The van der Waals surface area contributed by atoms with Crippen LogP contribution in [0.15, 0.2) is 23.8 Å². The molecule has 0 amide bonds. The number of carbonyl (C=O) groups excluding carboxylic acids is 1. The van der Waals surface area contributed by atoms with Gasteiger partial charge in [0.25, 0.3) is 0 Å². The molecule has 0 spiro atoms. The van der Waals surface area contributed by atoms with E-state index < -0.39 is 11.7 Å². The van der Waals surface area contributed by atoms with Gasteiger partial charge in [0.2, 0.25) is 0 Å². The minimum Gasteiger partial charge on any atom is -0.389 e. The maximum absolute atomic E-state index is 11.9. The lowest BCUT2D eigenvalue weighted by atomic mass is 9.78. The molecule has 1 aliphatic rings. The van der Waals surface area contributed by atoms with Gasteiger partial charge in [0, 0.05) is 5.92 Å². The summed E-state index contributed by atoms with van der Waals surface area (Å²) in [7, 11) is 0. The molecule has 4 heteroatoms. The van der Waals surface area contributed by atoms with Crippen molar-refractivity contribution in [3.8, 4) is 0 Å². The van der Waals surface area contributed by atoms with E-state index in [9.17, 15) is 9.90 Å². The molecule has 2 N–H and O–H groups in total. The van der Waals surface area contributed by atoms with Crippen molar-refractivity contribution in [2.24, 2.45) is 11.8 Å². The lowest BCUT2D eigenvalue weighted by Crippen LogP contribution is -2.30. The van der Waals surface area contributed by atoms with Crippen molar-refractivity contribution in [3.63, 3.8) is 0 Å². The Labute approximate surface area is 114 Å². The Hall–Kier alpha value is -0.970. The number of hydrogen-bond donors (Lipinski definition) is 2. The van der Waals surface area contributed by atoms with Crippen molar-refractivity contribution >= 4 is 5.78 Å². The number of aliphatic hydroxyl groups is 1. The van der Waals surface area contributed by atoms with Crippen LogP contribution in [0.3, 0.4) is 0 Å². The quantitative estimate of drug-likeness (QED) is 0.457. The average molecular weight is 268 g/mol. The molecule has 0 aromatic carbocycles. The van der Waals surface area contributed by atoms with E-state index in [1.165, 1.54) is 0 Å². The van der Waals surface area contributed by atoms with Crippen LogP contribution in [0.4, 0.5) is 0 Å². The fourth-order valence-corrected chi connectivity index (χ4v) is 2.24. The van der Waals surface area contributed by atoms with E-state index in [-0.39, 0.29) is 17.6 Å². The summed E-state index contributed by atoms with van der Waals surface area (Å²) in [5.74, 6) is 0.111. The van der Waals surface area contributed by atoms with Crippen LogP contribution in [0.2, 0.25) is 0 Å². The van der Waals surface area contributed by atoms with E-state index in [2.05, 4.69) is 4.89 Å². The molecule has 0 fully saturated rings. The lowest BCUT2D eigenvalue weighted by Gasteiger charge is -2.28. The zero-order valence-electron chi connectivity index (χ0n) is 12.1. The van der Waals surface area contributed by atoms with Crippen molar-refractivity contribution in [2.75, 3.05) is 0 Å². The molecule has 0 radical (unpaired) electrons. The number of rotatable bonds is 5. The summed E-state index contributed by atoms with van der Waals surface area (Å²) in [4.78, 5) is 16.2. The Balaban J connectivity index is 2.60. The third-order valence-corrected chi connectivity index (χ3v) is 3.69. The average Bonchev–Trinajstić information content (AvgIpc) is 2.33. The van der Waals surface area contributed by atoms with E-state index in [0.29, 0.717) is 12.8 Å². The van der Waals surface area contributed by atoms with Crippen LogP contribution in [-0.2, 0) is 9.68 Å². The molecular formula is C15H24O4. The van der Waals surface area contributed by atoms with E-state index in [0.717, 1.165) is 5.57 Å². The molecule has 0 bridgehead atoms. The maximum atomic E-state index is 11.9. The zero-order chi connectivity index (χ0) is 14.6. The molecule has 0 unspecified atom stereocenters. The minimum atomic E-state index is -0.716. The van der Waals surface area contributed by atoms with Crippen molar-refractivity contribution in [3.05, 3.63) is 23.8 Å². The first-order valence-electron chi connectivity index (χ1n) is 6.67. The van der Waals surface area contributed by atoms with Crippen LogP contribution in [0, 0.1) is 11.8 Å². The topological polar surface area (TPSA) is 66.8 Å². The monoisotopic (exact) mass is 268 g/mol. The summed E-state index contributed by atoms with van der Waals surface area (Å²) in [5, 5.41) is 18.5. The largest absolute Gasteiger partial charge is 0.389 e. The molecular weight excluding hydrogens is 244 g/mol. The molecule has 0 aromatic heterocycles. The van der Waals surface area contributed by atoms with Crippen LogP contribution in [0.1, 0.15) is 40.5 Å². The Kier molecular flexibility index (Phi) is 5.47. The summed E-state index contributed by atoms with van der Waals surface area (Å²) in [6, 6.07) is 0. The van der Waals surface area contributed by atoms with E-state index in [1.807, 2.05) is 13.0 Å². The number of aliphatic hydroxyl groups excluding tert-OH is 1. The molecule has 19 heavy (non-hydrogen) atoms. The highest BCUT2D eigenvalue weighted by Crippen LogP contribution is 2.29. The maximum Gasteiger partial charge on any atom is 0.159 e. The number of hydrogen-bond acceptors (Lipinski definition) is 4. The van der Waals surface area contributed by atoms with Gasteiger partial charge in [0.1, 0.15) is 5.60 Å². The molecule has 0 saturated carbocycles. The first-order chi connectivity index (χ1) is 8.76. The second kappa shape index (κ2) is 6.46. The fourth-order valence-electron chi connectivity index (χ4n) is 2.24. The second-order valence-electron chi connectivity index (χ2n) is 5.96.